The second-order valence-electron chi connectivity index (χ2n) is 4.60. The van der Waals surface area contributed by atoms with Crippen molar-refractivity contribution in [2.24, 2.45) is 5.92 Å². The molecule has 1 atom stereocenters. The van der Waals surface area contributed by atoms with Gasteiger partial charge in [0, 0.05) is 6.54 Å². The van der Waals surface area contributed by atoms with Gasteiger partial charge in [0.1, 0.15) is 0 Å². The predicted octanol–water partition coefficient (Wildman–Crippen LogP) is 0.827. The minimum absolute atomic E-state index is 0.110. The zero-order valence-corrected chi connectivity index (χ0v) is 10.1. The normalized spacial score (nSPS) is 19.4. The van der Waals surface area contributed by atoms with E-state index in [0.717, 1.165) is 25.9 Å². The average molecular weight is 250 g/mol. The topological polar surface area (TPSA) is 81.6 Å². The van der Waals surface area contributed by atoms with Gasteiger partial charge in [-0.3, -0.25) is 4.79 Å². The van der Waals surface area contributed by atoms with Crippen LogP contribution in [0.15, 0.2) is 18.2 Å². The molecule has 1 fully saturated rings. The summed E-state index contributed by atoms with van der Waals surface area (Å²) in [5.41, 5.74) is 0.110. The number of rotatable bonds is 3. The highest BCUT2D eigenvalue weighted by molar-refractivity contribution is 5.97. The number of hydrogen-bond acceptors (Lipinski definition) is 4. The van der Waals surface area contributed by atoms with E-state index in [2.05, 4.69) is 10.6 Å². The number of nitrogens with one attached hydrogen (secondary N) is 2. The van der Waals surface area contributed by atoms with Crippen molar-refractivity contribution in [1.29, 1.82) is 0 Å². The number of aromatic hydroxyl groups is 2. The summed E-state index contributed by atoms with van der Waals surface area (Å²) in [6.07, 6.45) is 2.22. The van der Waals surface area contributed by atoms with E-state index >= 15 is 0 Å². The van der Waals surface area contributed by atoms with Crippen molar-refractivity contribution < 1.29 is 15.0 Å². The van der Waals surface area contributed by atoms with Gasteiger partial charge >= 0.3 is 0 Å². The van der Waals surface area contributed by atoms with Gasteiger partial charge in [0.2, 0.25) is 0 Å². The Morgan fingerprint density at radius 2 is 2.28 bits per heavy atom. The van der Waals surface area contributed by atoms with Gasteiger partial charge in [-0.15, -0.1) is 0 Å². The van der Waals surface area contributed by atoms with Crippen molar-refractivity contribution in [2.75, 3.05) is 19.6 Å². The molecule has 18 heavy (non-hydrogen) atoms. The maximum Gasteiger partial charge on any atom is 0.255 e. The van der Waals surface area contributed by atoms with E-state index in [1.54, 1.807) is 0 Å². The maximum absolute atomic E-state index is 11.9. The van der Waals surface area contributed by atoms with Crippen molar-refractivity contribution in [3.63, 3.8) is 0 Å². The first-order valence-corrected chi connectivity index (χ1v) is 6.18. The van der Waals surface area contributed by atoms with Gasteiger partial charge in [0.25, 0.3) is 5.91 Å². The maximum atomic E-state index is 11.9. The quantitative estimate of drug-likeness (QED) is 0.599. The van der Waals surface area contributed by atoms with Crippen LogP contribution in [0.4, 0.5) is 0 Å². The summed E-state index contributed by atoms with van der Waals surface area (Å²) in [6.45, 7) is 2.53. The molecule has 1 heterocycles. The fraction of sp³-hybridized carbons (Fsp3) is 0.462. The summed E-state index contributed by atoms with van der Waals surface area (Å²) >= 11 is 0. The Bertz CT molecular complexity index is 428. The van der Waals surface area contributed by atoms with Gasteiger partial charge in [0.05, 0.1) is 5.56 Å². The molecule has 0 bridgehead atoms. The van der Waals surface area contributed by atoms with E-state index < -0.39 is 0 Å². The number of hydrogen-bond donors (Lipinski definition) is 4. The van der Waals surface area contributed by atoms with Crippen LogP contribution < -0.4 is 10.6 Å². The van der Waals surface area contributed by atoms with Gasteiger partial charge in [-0.05, 0) is 44.0 Å². The lowest BCUT2D eigenvalue weighted by Gasteiger charge is -2.22. The van der Waals surface area contributed by atoms with Crippen LogP contribution in [0.5, 0.6) is 11.5 Å². The number of piperidine rings is 1. The minimum Gasteiger partial charge on any atom is -0.504 e. The Hall–Kier alpha value is -1.75. The van der Waals surface area contributed by atoms with Crippen LogP contribution in [0.1, 0.15) is 23.2 Å². The highest BCUT2D eigenvalue weighted by Gasteiger charge is 2.17. The van der Waals surface area contributed by atoms with Gasteiger partial charge in [-0.1, -0.05) is 6.07 Å². The number of carbonyl (C=O) groups is 1. The number of phenolic OH excluding ortho intramolecular Hbond substituents is 2. The molecule has 2 rings (SSSR count). The Balaban J connectivity index is 1.93. The minimum atomic E-state index is -0.364. The third-order valence-corrected chi connectivity index (χ3v) is 3.21. The van der Waals surface area contributed by atoms with Crippen LogP contribution in [0.25, 0.3) is 0 Å². The number of carbonyl (C=O) groups excluding carboxylic acids is 1. The lowest BCUT2D eigenvalue weighted by atomic mass is 9.99. The second-order valence-corrected chi connectivity index (χ2v) is 4.60. The molecule has 98 valence electrons. The molecule has 5 heteroatoms. The third-order valence-electron chi connectivity index (χ3n) is 3.21. The van der Waals surface area contributed by atoms with E-state index in [9.17, 15) is 15.0 Å². The molecule has 0 aliphatic carbocycles. The van der Waals surface area contributed by atoms with E-state index in [0.29, 0.717) is 12.5 Å². The van der Waals surface area contributed by atoms with Gasteiger partial charge < -0.3 is 20.8 Å². The SMILES string of the molecule is O=C(NCC1CCCNC1)c1cccc(O)c1O. The third kappa shape index (κ3) is 2.92. The average Bonchev–Trinajstić information content (AvgIpc) is 2.40. The zero-order valence-electron chi connectivity index (χ0n) is 10.1. The fourth-order valence-electron chi connectivity index (χ4n) is 2.15. The smallest absolute Gasteiger partial charge is 0.255 e. The largest absolute Gasteiger partial charge is 0.504 e. The number of amides is 1. The van der Waals surface area contributed by atoms with Crippen LogP contribution >= 0.6 is 0 Å². The summed E-state index contributed by atoms with van der Waals surface area (Å²) in [5.74, 6) is -0.560. The van der Waals surface area contributed by atoms with E-state index in [4.69, 9.17) is 0 Å². The van der Waals surface area contributed by atoms with Crippen LogP contribution in [0.3, 0.4) is 0 Å². The van der Waals surface area contributed by atoms with E-state index in [1.807, 2.05) is 0 Å². The van der Waals surface area contributed by atoms with Crippen molar-refractivity contribution >= 4 is 5.91 Å². The van der Waals surface area contributed by atoms with Crippen molar-refractivity contribution in [2.45, 2.75) is 12.8 Å². The van der Waals surface area contributed by atoms with Gasteiger partial charge in [0.15, 0.2) is 11.5 Å². The Morgan fingerprint density at radius 3 is 3.00 bits per heavy atom. The molecular weight excluding hydrogens is 232 g/mol. The Morgan fingerprint density at radius 1 is 1.44 bits per heavy atom. The molecule has 1 unspecified atom stereocenters. The number of phenols is 2. The molecule has 1 aliphatic rings. The standard InChI is InChI=1S/C13H18N2O3/c16-11-5-1-4-10(12(11)17)13(18)15-8-9-3-2-6-14-7-9/h1,4-5,9,14,16-17H,2-3,6-8H2,(H,15,18). The first kappa shape index (κ1) is 12.7. The first-order chi connectivity index (χ1) is 8.68. The molecule has 1 amide bonds. The van der Waals surface area contributed by atoms with Crippen molar-refractivity contribution in [3.8, 4) is 11.5 Å². The molecule has 0 radical (unpaired) electrons. The van der Waals surface area contributed by atoms with E-state index in [-0.39, 0.29) is 23.0 Å². The Kier molecular flexibility index (Phi) is 4.04. The lowest BCUT2D eigenvalue weighted by Crippen LogP contribution is -2.38. The molecular formula is C13H18N2O3. The fourth-order valence-corrected chi connectivity index (χ4v) is 2.15. The van der Waals surface area contributed by atoms with Gasteiger partial charge in [-0.2, -0.15) is 0 Å². The van der Waals surface area contributed by atoms with Crippen LogP contribution in [0.2, 0.25) is 0 Å². The van der Waals surface area contributed by atoms with Crippen molar-refractivity contribution in [3.05, 3.63) is 23.8 Å². The lowest BCUT2D eigenvalue weighted by molar-refractivity contribution is 0.0941. The summed E-state index contributed by atoms with van der Waals surface area (Å²) in [4.78, 5) is 11.9. The number of para-hydroxylation sites is 1. The molecule has 1 aromatic rings. The second kappa shape index (κ2) is 5.73. The van der Waals surface area contributed by atoms with Crippen LogP contribution in [-0.2, 0) is 0 Å². The summed E-state index contributed by atoms with van der Waals surface area (Å²) < 4.78 is 0. The first-order valence-electron chi connectivity index (χ1n) is 6.18. The summed E-state index contributed by atoms with van der Waals surface area (Å²) in [6, 6.07) is 4.37. The molecule has 1 saturated heterocycles. The molecule has 4 N–H and O–H groups in total. The number of benzene rings is 1. The zero-order chi connectivity index (χ0) is 13.0. The highest BCUT2D eigenvalue weighted by Crippen LogP contribution is 2.27. The molecule has 5 nitrogen and oxygen atoms in total. The molecule has 1 aromatic carbocycles. The van der Waals surface area contributed by atoms with E-state index in [1.165, 1.54) is 18.2 Å². The Labute approximate surface area is 106 Å². The summed E-state index contributed by atoms with van der Waals surface area (Å²) in [7, 11) is 0. The highest BCUT2D eigenvalue weighted by atomic mass is 16.3. The van der Waals surface area contributed by atoms with Crippen LogP contribution in [-0.4, -0.2) is 35.8 Å². The molecule has 1 aliphatic heterocycles. The predicted molar refractivity (Wildman–Crippen MR) is 67.7 cm³/mol. The monoisotopic (exact) mass is 250 g/mol. The van der Waals surface area contributed by atoms with Crippen molar-refractivity contribution in [1.82, 2.24) is 10.6 Å². The summed E-state index contributed by atoms with van der Waals surface area (Å²) in [5, 5.41) is 25.0. The molecule has 0 saturated carbocycles. The molecule has 0 spiro atoms. The van der Waals surface area contributed by atoms with Crippen LogP contribution in [0, 0.1) is 5.92 Å². The molecule has 0 aromatic heterocycles. The van der Waals surface area contributed by atoms with Gasteiger partial charge in [-0.25, -0.2) is 0 Å².